The zero-order valence-corrected chi connectivity index (χ0v) is 20.2. The Hall–Kier alpha value is -2.71. The second-order valence-corrected chi connectivity index (χ2v) is 10.5. The van der Waals surface area contributed by atoms with E-state index in [1.165, 1.54) is 10.3 Å². The Morgan fingerprint density at radius 1 is 1.34 bits per heavy atom. The molecule has 1 aliphatic heterocycles. The molecule has 5 heterocycles. The van der Waals surface area contributed by atoms with Crippen molar-refractivity contribution in [2.24, 2.45) is 0 Å². The summed E-state index contributed by atoms with van der Waals surface area (Å²) in [4.78, 5) is 26.4. The lowest BCUT2D eigenvalue weighted by molar-refractivity contribution is 0.0721. The summed E-state index contributed by atoms with van der Waals surface area (Å²) in [5.74, 6) is 0.487. The molecule has 1 fully saturated rings. The molecular weight excluding hydrogens is 420 g/mol. The highest BCUT2D eigenvalue weighted by molar-refractivity contribution is 7.21. The number of amides is 1. The van der Waals surface area contributed by atoms with Crippen LogP contribution in [-0.4, -0.2) is 68.5 Å². The standard InChI is InChI=1S/C24H30N6OS/c1-14(2)20-21(16-9-15(3)23-25-13-26-30(23)11-16)27-18-10-19(32-22(18)20)24(31)29-8-6-7-17(29)12-28(4)5/h9-11,13-14,17,27H,6-8,12H2,1-5H3/t17-/m0/s1. The molecule has 168 valence electrons. The van der Waals surface area contributed by atoms with Gasteiger partial charge in [0.15, 0.2) is 5.65 Å². The Balaban J connectivity index is 1.54. The Kier molecular flexibility index (Phi) is 5.29. The topological polar surface area (TPSA) is 69.5 Å². The zero-order chi connectivity index (χ0) is 22.6. The van der Waals surface area contributed by atoms with Crippen molar-refractivity contribution in [3.63, 3.8) is 0 Å². The lowest BCUT2D eigenvalue weighted by Gasteiger charge is -2.26. The van der Waals surface area contributed by atoms with Gasteiger partial charge in [-0.3, -0.25) is 4.79 Å². The van der Waals surface area contributed by atoms with E-state index in [2.05, 4.69) is 65.8 Å². The maximum Gasteiger partial charge on any atom is 0.264 e. The third kappa shape index (κ3) is 3.51. The highest BCUT2D eigenvalue weighted by atomic mass is 32.1. The van der Waals surface area contributed by atoms with Gasteiger partial charge in [-0.05, 0) is 63.0 Å². The van der Waals surface area contributed by atoms with E-state index in [1.807, 2.05) is 16.8 Å². The first-order valence-electron chi connectivity index (χ1n) is 11.2. The molecule has 32 heavy (non-hydrogen) atoms. The number of fused-ring (bicyclic) bond motifs is 2. The van der Waals surface area contributed by atoms with Crippen LogP contribution in [0.4, 0.5) is 0 Å². The minimum Gasteiger partial charge on any atom is -0.354 e. The lowest BCUT2D eigenvalue weighted by atomic mass is 9.99. The molecule has 0 spiro atoms. The summed E-state index contributed by atoms with van der Waals surface area (Å²) in [7, 11) is 4.15. The van der Waals surface area contributed by atoms with Crippen LogP contribution in [0.25, 0.3) is 27.1 Å². The van der Waals surface area contributed by atoms with E-state index in [9.17, 15) is 4.79 Å². The molecule has 1 N–H and O–H groups in total. The number of thiophene rings is 1. The molecule has 5 rings (SSSR count). The summed E-state index contributed by atoms with van der Waals surface area (Å²) in [6, 6.07) is 4.51. The van der Waals surface area contributed by atoms with E-state index in [4.69, 9.17) is 0 Å². The monoisotopic (exact) mass is 450 g/mol. The van der Waals surface area contributed by atoms with Crippen molar-refractivity contribution in [3.05, 3.63) is 40.7 Å². The molecule has 0 aromatic carbocycles. The van der Waals surface area contributed by atoms with Crippen LogP contribution in [0.5, 0.6) is 0 Å². The first kappa shape index (κ1) is 21.2. The summed E-state index contributed by atoms with van der Waals surface area (Å²) in [6.45, 7) is 8.25. The molecule has 7 nitrogen and oxygen atoms in total. The predicted octanol–water partition coefficient (Wildman–Crippen LogP) is 4.54. The van der Waals surface area contributed by atoms with Crippen LogP contribution in [0, 0.1) is 6.92 Å². The van der Waals surface area contributed by atoms with Crippen molar-refractivity contribution in [2.45, 2.75) is 45.6 Å². The molecule has 0 bridgehead atoms. The largest absolute Gasteiger partial charge is 0.354 e. The molecule has 0 unspecified atom stereocenters. The molecule has 0 aliphatic carbocycles. The first-order chi connectivity index (χ1) is 15.3. The number of carbonyl (C=O) groups excluding carboxylic acids is 1. The Morgan fingerprint density at radius 2 is 2.16 bits per heavy atom. The van der Waals surface area contributed by atoms with E-state index < -0.39 is 0 Å². The fourth-order valence-corrected chi connectivity index (χ4v) is 6.24. The summed E-state index contributed by atoms with van der Waals surface area (Å²) >= 11 is 1.62. The third-order valence-electron chi connectivity index (χ3n) is 6.36. The minimum atomic E-state index is 0.167. The maximum absolute atomic E-state index is 13.4. The molecule has 1 atom stereocenters. The number of likely N-dealkylation sites (tertiary alicyclic amines) is 1. The van der Waals surface area contributed by atoms with Crippen LogP contribution in [-0.2, 0) is 0 Å². The molecule has 1 aliphatic rings. The van der Waals surface area contributed by atoms with Gasteiger partial charge in [-0.2, -0.15) is 5.10 Å². The van der Waals surface area contributed by atoms with E-state index in [0.717, 1.165) is 58.8 Å². The fourth-order valence-electron chi connectivity index (χ4n) is 4.97. The number of rotatable bonds is 5. The number of H-pyrrole nitrogens is 1. The second-order valence-electron chi connectivity index (χ2n) is 9.42. The van der Waals surface area contributed by atoms with Crippen molar-refractivity contribution in [1.29, 1.82) is 0 Å². The molecule has 1 amide bonds. The van der Waals surface area contributed by atoms with Crippen LogP contribution < -0.4 is 0 Å². The lowest BCUT2D eigenvalue weighted by Crippen LogP contribution is -2.41. The predicted molar refractivity (Wildman–Crippen MR) is 130 cm³/mol. The summed E-state index contributed by atoms with van der Waals surface area (Å²) in [5.41, 5.74) is 6.45. The number of aromatic nitrogens is 4. The molecule has 1 saturated heterocycles. The fraction of sp³-hybridized carbons (Fsp3) is 0.458. The number of nitrogens with one attached hydrogen (secondary N) is 1. The molecule has 4 aromatic rings. The van der Waals surface area contributed by atoms with Crippen molar-refractivity contribution in [3.8, 4) is 11.3 Å². The average molecular weight is 451 g/mol. The van der Waals surface area contributed by atoms with Crippen LogP contribution in [0.3, 0.4) is 0 Å². The van der Waals surface area contributed by atoms with Crippen molar-refractivity contribution in [1.82, 2.24) is 29.4 Å². The van der Waals surface area contributed by atoms with Gasteiger partial charge < -0.3 is 14.8 Å². The number of nitrogens with zero attached hydrogens (tertiary/aromatic N) is 5. The molecule has 4 aromatic heterocycles. The zero-order valence-electron chi connectivity index (χ0n) is 19.3. The van der Waals surface area contributed by atoms with Gasteiger partial charge in [0.1, 0.15) is 6.33 Å². The van der Waals surface area contributed by atoms with Gasteiger partial charge in [0.05, 0.1) is 20.8 Å². The van der Waals surface area contributed by atoms with Crippen molar-refractivity contribution < 1.29 is 4.79 Å². The van der Waals surface area contributed by atoms with E-state index in [-0.39, 0.29) is 5.91 Å². The molecule has 0 radical (unpaired) electrons. The number of aryl methyl sites for hydroxylation is 1. The first-order valence-corrected chi connectivity index (χ1v) is 12.1. The average Bonchev–Trinajstić information content (AvgIpc) is 3.49. The quantitative estimate of drug-likeness (QED) is 0.485. The van der Waals surface area contributed by atoms with Gasteiger partial charge in [0.25, 0.3) is 5.91 Å². The van der Waals surface area contributed by atoms with Gasteiger partial charge in [0, 0.05) is 30.9 Å². The van der Waals surface area contributed by atoms with Crippen LogP contribution >= 0.6 is 11.3 Å². The number of pyridine rings is 1. The maximum atomic E-state index is 13.4. The Bertz CT molecular complexity index is 1300. The number of carbonyl (C=O) groups is 1. The van der Waals surface area contributed by atoms with E-state index in [0.29, 0.717) is 12.0 Å². The third-order valence-corrected chi connectivity index (χ3v) is 7.51. The van der Waals surface area contributed by atoms with Gasteiger partial charge >= 0.3 is 0 Å². The minimum absolute atomic E-state index is 0.167. The van der Waals surface area contributed by atoms with Crippen LogP contribution in [0.2, 0.25) is 0 Å². The van der Waals surface area contributed by atoms with Gasteiger partial charge in [-0.15, -0.1) is 11.3 Å². The van der Waals surface area contributed by atoms with Gasteiger partial charge in [-0.25, -0.2) is 9.50 Å². The van der Waals surface area contributed by atoms with Crippen LogP contribution in [0.1, 0.15) is 53.4 Å². The van der Waals surface area contributed by atoms with Crippen molar-refractivity contribution in [2.75, 3.05) is 27.2 Å². The van der Waals surface area contributed by atoms with Crippen molar-refractivity contribution >= 4 is 33.1 Å². The van der Waals surface area contributed by atoms with Gasteiger partial charge in [0.2, 0.25) is 0 Å². The Labute approximate surface area is 192 Å². The summed E-state index contributed by atoms with van der Waals surface area (Å²) in [6.07, 6.45) is 5.78. The summed E-state index contributed by atoms with van der Waals surface area (Å²) < 4.78 is 3.01. The molecule has 0 saturated carbocycles. The van der Waals surface area contributed by atoms with E-state index >= 15 is 0 Å². The summed E-state index contributed by atoms with van der Waals surface area (Å²) in [5, 5.41) is 4.33. The highest BCUT2D eigenvalue weighted by Gasteiger charge is 2.31. The highest BCUT2D eigenvalue weighted by Crippen LogP contribution is 2.40. The number of hydrogen-bond acceptors (Lipinski definition) is 5. The number of likely N-dealkylation sites (N-methyl/N-ethyl adjacent to an activating group) is 1. The van der Waals surface area contributed by atoms with E-state index in [1.54, 1.807) is 17.7 Å². The number of aromatic amines is 1. The second kappa shape index (κ2) is 8.01. The normalized spacial score (nSPS) is 17.0. The number of hydrogen-bond donors (Lipinski definition) is 1. The van der Waals surface area contributed by atoms with Gasteiger partial charge in [-0.1, -0.05) is 13.8 Å². The Morgan fingerprint density at radius 3 is 2.91 bits per heavy atom. The van der Waals surface area contributed by atoms with Crippen LogP contribution in [0.15, 0.2) is 24.7 Å². The SMILES string of the molecule is Cc1cc(-c2[nH]c3cc(C(=O)N4CCC[C@H]4CN(C)C)sc3c2C(C)C)cn2ncnc12. The molecular formula is C24H30N6OS. The smallest absolute Gasteiger partial charge is 0.264 e. The molecule has 8 heteroatoms.